The van der Waals surface area contributed by atoms with Crippen LogP contribution < -0.4 is 15.5 Å². The van der Waals surface area contributed by atoms with Crippen LogP contribution >= 0.6 is 0 Å². The minimum atomic E-state index is -0.0692. The first-order valence-corrected chi connectivity index (χ1v) is 10.1. The van der Waals surface area contributed by atoms with Crippen LogP contribution in [0.5, 0.6) is 0 Å². The number of hydrogen-bond acceptors (Lipinski definition) is 3. The number of para-hydroxylation sites is 1. The Kier molecular flexibility index (Phi) is 7.11. The average Bonchev–Trinajstić information content (AvgIpc) is 2.74. The standard InChI is InChI=1S/C23H30N4O2/c1-26(2)21-10-8-19(9-11-21)17-24-22(28)16-18-12-14-27(15-13-18)23(29)25-20-6-4-3-5-7-20/h3-11,18H,12-17H2,1-2H3,(H,24,28)(H,25,29). The number of hydrogen-bond donors (Lipinski definition) is 2. The number of urea groups is 1. The van der Waals surface area contributed by atoms with Crippen LogP contribution in [-0.2, 0) is 11.3 Å². The topological polar surface area (TPSA) is 64.7 Å². The highest BCUT2D eigenvalue weighted by molar-refractivity contribution is 5.89. The SMILES string of the molecule is CN(C)c1ccc(CNC(=O)CC2CCN(C(=O)Nc3ccccc3)CC2)cc1. The van der Waals surface area contributed by atoms with Gasteiger partial charge in [0.1, 0.15) is 0 Å². The van der Waals surface area contributed by atoms with Crippen molar-refractivity contribution in [1.29, 1.82) is 0 Å². The van der Waals surface area contributed by atoms with Gasteiger partial charge in [-0.2, -0.15) is 0 Å². The van der Waals surface area contributed by atoms with Gasteiger partial charge in [0.05, 0.1) is 0 Å². The molecule has 3 rings (SSSR count). The Balaban J connectivity index is 1.37. The van der Waals surface area contributed by atoms with E-state index in [9.17, 15) is 9.59 Å². The molecular weight excluding hydrogens is 364 g/mol. The molecule has 29 heavy (non-hydrogen) atoms. The number of carbonyl (C=O) groups is 2. The molecule has 0 atom stereocenters. The second-order valence-electron chi connectivity index (χ2n) is 7.77. The lowest BCUT2D eigenvalue weighted by molar-refractivity contribution is -0.122. The van der Waals surface area contributed by atoms with Crippen molar-refractivity contribution in [2.45, 2.75) is 25.8 Å². The molecule has 0 aliphatic carbocycles. The summed E-state index contributed by atoms with van der Waals surface area (Å²) < 4.78 is 0. The molecule has 2 N–H and O–H groups in total. The summed E-state index contributed by atoms with van der Waals surface area (Å²) in [5.74, 6) is 0.403. The predicted molar refractivity (Wildman–Crippen MR) is 117 cm³/mol. The monoisotopic (exact) mass is 394 g/mol. The van der Waals surface area contributed by atoms with Gasteiger partial charge in [-0.15, -0.1) is 0 Å². The van der Waals surface area contributed by atoms with Crippen LogP contribution in [0.1, 0.15) is 24.8 Å². The molecule has 6 heteroatoms. The minimum Gasteiger partial charge on any atom is -0.378 e. The molecule has 0 bridgehead atoms. The third-order valence-corrected chi connectivity index (χ3v) is 5.34. The molecule has 1 saturated heterocycles. The van der Waals surface area contributed by atoms with Gasteiger partial charge in [0.15, 0.2) is 0 Å². The van der Waals surface area contributed by atoms with Crippen molar-refractivity contribution >= 4 is 23.3 Å². The van der Waals surface area contributed by atoms with E-state index in [1.807, 2.05) is 61.5 Å². The van der Waals surface area contributed by atoms with Gasteiger partial charge < -0.3 is 20.4 Å². The van der Waals surface area contributed by atoms with Crippen molar-refractivity contribution in [3.8, 4) is 0 Å². The van der Waals surface area contributed by atoms with Crippen molar-refractivity contribution in [3.63, 3.8) is 0 Å². The summed E-state index contributed by atoms with van der Waals surface area (Å²) in [7, 11) is 4.01. The van der Waals surface area contributed by atoms with Crippen LogP contribution in [0, 0.1) is 5.92 Å². The molecule has 0 aromatic heterocycles. The van der Waals surface area contributed by atoms with E-state index < -0.39 is 0 Å². The summed E-state index contributed by atoms with van der Waals surface area (Å²) in [6, 6.07) is 17.6. The summed E-state index contributed by atoms with van der Waals surface area (Å²) in [4.78, 5) is 28.5. The Labute approximate surface area is 172 Å². The fraction of sp³-hybridized carbons (Fsp3) is 0.391. The molecule has 1 aliphatic heterocycles. The number of likely N-dealkylation sites (tertiary alicyclic amines) is 1. The average molecular weight is 395 g/mol. The van der Waals surface area contributed by atoms with Gasteiger partial charge in [-0.25, -0.2) is 4.79 Å². The second kappa shape index (κ2) is 9.96. The van der Waals surface area contributed by atoms with Gasteiger partial charge in [0.25, 0.3) is 0 Å². The smallest absolute Gasteiger partial charge is 0.321 e. The quantitative estimate of drug-likeness (QED) is 0.785. The summed E-state index contributed by atoms with van der Waals surface area (Å²) in [5, 5.41) is 5.94. The van der Waals surface area contributed by atoms with Crippen LogP contribution in [0.4, 0.5) is 16.2 Å². The van der Waals surface area contributed by atoms with Crippen molar-refractivity contribution in [1.82, 2.24) is 10.2 Å². The lowest BCUT2D eigenvalue weighted by Crippen LogP contribution is -2.41. The summed E-state index contributed by atoms with van der Waals surface area (Å²) in [6.07, 6.45) is 2.23. The van der Waals surface area contributed by atoms with Crippen LogP contribution in [0.15, 0.2) is 54.6 Å². The minimum absolute atomic E-state index is 0.0692. The normalized spacial score (nSPS) is 14.3. The second-order valence-corrected chi connectivity index (χ2v) is 7.77. The number of rotatable bonds is 6. The van der Waals surface area contributed by atoms with E-state index in [4.69, 9.17) is 0 Å². The van der Waals surface area contributed by atoms with Gasteiger partial charge in [0, 0.05) is 51.5 Å². The van der Waals surface area contributed by atoms with E-state index >= 15 is 0 Å². The molecule has 154 valence electrons. The van der Waals surface area contributed by atoms with E-state index in [0.29, 0.717) is 32.0 Å². The Bertz CT molecular complexity index is 797. The van der Waals surface area contributed by atoms with Crippen LogP contribution in [-0.4, -0.2) is 44.0 Å². The van der Waals surface area contributed by atoms with E-state index in [1.54, 1.807) is 0 Å². The van der Waals surface area contributed by atoms with Gasteiger partial charge in [-0.3, -0.25) is 4.79 Å². The third-order valence-electron chi connectivity index (χ3n) is 5.34. The van der Waals surface area contributed by atoms with E-state index in [0.717, 1.165) is 29.8 Å². The first kappa shape index (κ1) is 20.7. The van der Waals surface area contributed by atoms with Gasteiger partial charge >= 0.3 is 6.03 Å². The zero-order valence-electron chi connectivity index (χ0n) is 17.2. The molecule has 0 saturated carbocycles. The summed E-state index contributed by atoms with van der Waals surface area (Å²) in [6.45, 7) is 1.91. The lowest BCUT2D eigenvalue weighted by atomic mass is 9.93. The fourth-order valence-electron chi connectivity index (χ4n) is 3.51. The Morgan fingerprint density at radius 3 is 2.28 bits per heavy atom. The predicted octanol–water partition coefficient (Wildman–Crippen LogP) is 3.70. The van der Waals surface area contributed by atoms with Crippen LogP contribution in [0.25, 0.3) is 0 Å². The Morgan fingerprint density at radius 1 is 1.00 bits per heavy atom. The highest BCUT2D eigenvalue weighted by Gasteiger charge is 2.24. The molecule has 0 radical (unpaired) electrons. The van der Waals surface area contributed by atoms with Crippen molar-refractivity contribution < 1.29 is 9.59 Å². The fourth-order valence-corrected chi connectivity index (χ4v) is 3.51. The number of nitrogens with one attached hydrogen (secondary N) is 2. The van der Waals surface area contributed by atoms with E-state index in [-0.39, 0.29) is 11.9 Å². The Morgan fingerprint density at radius 2 is 1.66 bits per heavy atom. The number of benzene rings is 2. The number of amides is 3. The van der Waals surface area contributed by atoms with E-state index in [2.05, 4.69) is 27.7 Å². The van der Waals surface area contributed by atoms with E-state index in [1.165, 1.54) is 0 Å². The van der Waals surface area contributed by atoms with Gasteiger partial charge in [-0.05, 0) is 48.6 Å². The maximum atomic E-state index is 12.4. The number of carbonyl (C=O) groups excluding carboxylic acids is 2. The molecule has 2 aromatic carbocycles. The maximum Gasteiger partial charge on any atom is 0.321 e. The molecule has 1 aliphatic rings. The third kappa shape index (κ3) is 6.24. The number of piperidine rings is 1. The van der Waals surface area contributed by atoms with Gasteiger partial charge in [-0.1, -0.05) is 30.3 Å². The van der Waals surface area contributed by atoms with Crippen molar-refractivity contribution in [3.05, 3.63) is 60.2 Å². The largest absolute Gasteiger partial charge is 0.378 e. The summed E-state index contributed by atoms with van der Waals surface area (Å²) in [5.41, 5.74) is 3.04. The maximum absolute atomic E-state index is 12.4. The molecule has 0 unspecified atom stereocenters. The highest BCUT2D eigenvalue weighted by Crippen LogP contribution is 2.21. The van der Waals surface area contributed by atoms with Crippen LogP contribution in [0.2, 0.25) is 0 Å². The molecular formula is C23H30N4O2. The highest BCUT2D eigenvalue weighted by atomic mass is 16.2. The first-order valence-electron chi connectivity index (χ1n) is 10.1. The zero-order chi connectivity index (χ0) is 20.6. The van der Waals surface area contributed by atoms with Crippen molar-refractivity contribution in [2.24, 2.45) is 5.92 Å². The number of nitrogens with zero attached hydrogens (tertiary/aromatic N) is 2. The Hall–Kier alpha value is -3.02. The van der Waals surface area contributed by atoms with Crippen LogP contribution in [0.3, 0.4) is 0 Å². The molecule has 1 heterocycles. The van der Waals surface area contributed by atoms with Gasteiger partial charge in [0.2, 0.25) is 5.91 Å². The molecule has 2 aromatic rings. The number of anilines is 2. The molecule has 6 nitrogen and oxygen atoms in total. The molecule has 0 spiro atoms. The molecule has 1 fully saturated rings. The summed E-state index contributed by atoms with van der Waals surface area (Å²) >= 11 is 0. The zero-order valence-corrected chi connectivity index (χ0v) is 17.2. The molecule has 3 amide bonds. The van der Waals surface area contributed by atoms with Crippen molar-refractivity contribution in [2.75, 3.05) is 37.4 Å². The lowest BCUT2D eigenvalue weighted by Gasteiger charge is -2.31. The first-order chi connectivity index (χ1) is 14.0.